The summed E-state index contributed by atoms with van der Waals surface area (Å²) in [6, 6.07) is 3.83. The Morgan fingerprint density at radius 2 is 2.33 bits per heavy atom. The van der Waals surface area contributed by atoms with Crippen LogP contribution < -0.4 is 4.74 Å². The van der Waals surface area contributed by atoms with E-state index in [1.165, 1.54) is 0 Å². The van der Waals surface area contributed by atoms with Crippen LogP contribution in [0.4, 0.5) is 0 Å². The predicted molar refractivity (Wildman–Crippen MR) is 69.2 cm³/mol. The van der Waals surface area contributed by atoms with Gasteiger partial charge in [0, 0.05) is 30.1 Å². The molecule has 0 amide bonds. The third-order valence-electron chi connectivity index (χ3n) is 2.97. The van der Waals surface area contributed by atoms with Crippen molar-refractivity contribution in [2.45, 2.75) is 19.4 Å². The predicted octanol–water partition coefficient (Wildman–Crippen LogP) is 2.18. The highest BCUT2D eigenvalue weighted by molar-refractivity contribution is 6.30. The lowest BCUT2D eigenvalue weighted by atomic mass is 10.1. The van der Waals surface area contributed by atoms with Crippen LogP contribution in [0.3, 0.4) is 0 Å². The molecule has 5 heteroatoms. The van der Waals surface area contributed by atoms with Crippen molar-refractivity contribution in [1.29, 1.82) is 0 Å². The normalized spacial score (nSPS) is 13.5. The van der Waals surface area contributed by atoms with E-state index in [9.17, 15) is 4.79 Å². The molecule has 0 saturated heterocycles. The molecule has 1 heterocycles. The van der Waals surface area contributed by atoms with Crippen molar-refractivity contribution >= 4 is 17.6 Å². The number of carbonyl (C=O) groups is 1. The topological polar surface area (TPSA) is 49.8 Å². The first-order chi connectivity index (χ1) is 8.56. The van der Waals surface area contributed by atoms with Crippen LogP contribution in [0.2, 0.25) is 5.02 Å². The summed E-state index contributed by atoms with van der Waals surface area (Å²) in [5, 5.41) is 9.36. The summed E-state index contributed by atoms with van der Waals surface area (Å²) in [7, 11) is 1.89. The number of benzene rings is 1. The van der Waals surface area contributed by atoms with Crippen LogP contribution in [0.15, 0.2) is 12.1 Å². The van der Waals surface area contributed by atoms with Crippen LogP contribution in [0.1, 0.15) is 17.5 Å². The Morgan fingerprint density at radius 1 is 1.56 bits per heavy atom. The summed E-state index contributed by atoms with van der Waals surface area (Å²) >= 11 is 6.07. The first-order valence-electron chi connectivity index (χ1n) is 5.90. The third kappa shape index (κ3) is 3.15. The van der Waals surface area contributed by atoms with Gasteiger partial charge in [-0.2, -0.15) is 0 Å². The zero-order valence-corrected chi connectivity index (χ0v) is 11.0. The molecule has 18 heavy (non-hydrogen) atoms. The number of rotatable bonds is 5. The lowest BCUT2D eigenvalue weighted by molar-refractivity contribution is -0.137. The number of carboxylic acid groups (broad SMARTS) is 1. The van der Waals surface area contributed by atoms with Crippen LogP contribution in [0.5, 0.6) is 5.75 Å². The average molecular weight is 270 g/mol. The van der Waals surface area contributed by atoms with E-state index in [0.29, 0.717) is 24.7 Å². The molecule has 0 bridgehead atoms. The third-order valence-corrected chi connectivity index (χ3v) is 3.19. The monoisotopic (exact) mass is 269 g/mol. The standard InChI is InChI=1S/C13H16ClNO3/c1-15(4-2-12(16)17)8-10-7-11(14)6-9-3-5-18-13(9)10/h6-7H,2-5,8H2,1H3,(H,16,17). The number of fused-ring (bicyclic) bond motifs is 1. The van der Waals surface area contributed by atoms with Crippen LogP contribution in [0.25, 0.3) is 0 Å². The molecule has 1 aromatic carbocycles. The second-order valence-corrected chi connectivity index (χ2v) is 4.97. The van der Waals surface area contributed by atoms with Crippen molar-refractivity contribution in [2.75, 3.05) is 20.2 Å². The molecule has 0 unspecified atom stereocenters. The fourth-order valence-electron chi connectivity index (χ4n) is 2.12. The molecule has 1 N–H and O–H groups in total. The molecule has 1 aliphatic heterocycles. The second-order valence-electron chi connectivity index (χ2n) is 4.53. The number of hydrogen-bond acceptors (Lipinski definition) is 3. The largest absolute Gasteiger partial charge is 0.493 e. The quantitative estimate of drug-likeness (QED) is 0.890. The van der Waals surface area contributed by atoms with E-state index in [0.717, 1.165) is 23.3 Å². The molecule has 0 atom stereocenters. The van der Waals surface area contributed by atoms with Crippen molar-refractivity contribution in [2.24, 2.45) is 0 Å². The fourth-order valence-corrected chi connectivity index (χ4v) is 2.38. The molecule has 1 aliphatic rings. The molecule has 4 nitrogen and oxygen atoms in total. The van der Waals surface area contributed by atoms with Gasteiger partial charge in [0.15, 0.2) is 0 Å². The van der Waals surface area contributed by atoms with Gasteiger partial charge in [0.1, 0.15) is 5.75 Å². The highest BCUT2D eigenvalue weighted by Crippen LogP contribution is 2.33. The number of aliphatic carboxylic acids is 1. The summed E-state index contributed by atoms with van der Waals surface area (Å²) in [6.45, 7) is 1.86. The van der Waals surface area contributed by atoms with Gasteiger partial charge in [-0.25, -0.2) is 0 Å². The Bertz CT molecular complexity index is 462. The van der Waals surface area contributed by atoms with Gasteiger partial charge in [-0.3, -0.25) is 4.79 Å². The van der Waals surface area contributed by atoms with Crippen LogP contribution >= 0.6 is 11.6 Å². The lowest BCUT2D eigenvalue weighted by Gasteiger charge is -2.17. The molecule has 0 aromatic heterocycles. The molecular formula is C13H16ClNO3. The maximum absolute atomic E-state index is 10.5. The fraction of sp³-hybridized carbons (Fsp3) is 0.462. The van der Waals surface area contributed by atoms with Gasteiger partial charge < -0.3 is 14.7 Å². The Balaban J connectivity index is 2.07. The Labute approximate surface area is 111 Å². The van der Waals surface area contributed by atoms with Crippen molar-refractivity contribution in [3.8, 4) is 5.75 Å². The molecule has 0 radical (unpaired) electrons. The zero-order chi connectivity index (χ0) is 13.1. The van der Waals surface area contributed by atoms with E-state index in [2.05, 4.69) is 0 Å². The summed E-state index contributed by atoms with van der Waals surface area (Å²) in [5.41, 5.74) is 2.17. The van der Waals surface area contributed by atoms with E-state index in [-0.39, 0.29) is 6.42 Å². The first-order valence-corrected chi connectivity index (χ1v) is 6.28. The maximum Gasteiger partial charge on any atom is 0.304 e. The molecule has 0 spiro atoms. The summed E-state index contributed by atoms with van der Waals surface area (Å²) in [5.74, 6) is 0.135. The van der Waals surface area contributed by atoms with Gasteiger partial charge in [0.25, 0.3) is 0 Å². The molecule has 0 aliphatic carbocycles. The molecular weight excluding hydrogens is 254 g/mol. The van der Waals surface area contributed by atoms with Crippen molar-refractivity contribution < 1.29 is 14.6 Å². The van der Waals surface area contributed by atoms with Gasteiger partial charge in [0.05, 0.1) is 13.0 Å². The summed E-state index contributed by atoms with van der Waals surface area (Å²) < 4.78 is 5.61. The van der Waals surface area contributed by atoms with E-state index in [1.807, 2.05) is 24.1 Å². The molecule has 98 valence electrons. The van der Waals surface area contributed by atoms with Gasteiger partial charge in [-0.05, 0) is 24.7 Å². The van der Waals surface area contributed by atoms with E-state index in [4.69, 9.17) is 21.4 Å². The zero-order valence-electron chi connectivity index (χ0n) is 10.3. The Hall–Kier alpha value is -1.26. The number of nitrogens with zero attached hydrogens (tertiary/aromatic N) is 1. The minimum Gasteiger partial charge on any atom is -0.493 e. The highest BCUT2D eigenvalue weighted by atomic mass is 35.5. The molecule has 0 fully saturated rings. The minimum absolute atomic E-state index is 0.139. The van der Waals surface area contributed by atoms with Crippen LogP contribution in [-0.4, -0.2) is 36.2 Å². The van der Waals surface area contributed by atoms with Gasteiger partial charge in [0.2, 0.25) is 0 Å². The first kappa shape index (κ1) is 13.2. The van der Waals surface area contributed by atoms with Crippen molar-refractivity contribution in [3.63, 3.8) is 0 Å². The number of hydrogen-bond donors (Lipinski definition) is 1. The van der Waals surface area contributed by atoms with Crippen molar-refractivity contribution in [1.82, 2.24) is 4.90 Å². The number of halogens is 1. The lowest BCUT2D eigenvalue weighted by Crippen LogP contribution is -2.21. The van der Waals surface area contributed by atoms with Crippen LogP contribution in [0, 0.1) is 0 Å². The minimum atomic E-state index is -0.783. The van der Waals surface area contributed by atoms with Gasteiger partial charge in [-0.15, -0.1) is 0 Å². The maximum atomic E-state index is 10.5. The van der Waals surface area contributed by atoms with Crippen LogP contribution in [-0.2, 0) is 17.8 Å². The summed E-state index contributed by atoms with van der Waals surface area (Å²) in [6.07, 6.45) is 1.03. The van der Waals surface area contributed by atoms with Crippen molar-refractivity contribution in [3.05, 3.63) is 28.3 Å². The molecule has 2 rings (SSSR count). The Kier molecular flexibility index (Phi) is 4.09. The summed E-state index contributed by atoms with van der Waals surface area (Å²) in [4.78, 5) is 12.5. The van der Waals surface area contributed by atoms with E-state index < -0.39 is 5.97 Å². The Morgan fingerprint density at radius 3 is 3.06 bits per heavy atom. The van der Waals surface area contributed by atoms with E-state index >= 15 is 0 Å². The van der Waals surface area contributed by atoms with Gasteiger partial charge >= 0.3 is 5.97 Å². The van der Waals surface area contributed by atoms with Gasteiger partial charge in [-0.1, -0.05) is 11.6 Å². The smallest absolute Gasteiger partial charge is 0.304 e. The number of carboxylic acids is 1. The second kappa shape index (κ2) is 5.59. The van der Waals surface area contributed by atoms with E-state index in [1.54, 1.807) is 0 Å². The highest BCUT2D eigenvalue weighted by Gasteiger charge is 2.18. The SMILES string of the molecule is CN(CCC(=O)O)Cc1cc(Cl)cc2c1OCC2. The molecule has 0 saturated carbocycles. The number of ether oxygens (including phenoxy) is 1. The molecule has 1 aromatic rings. The average Bonchev–Trinajstić information content (AvgIpc) is 2.74.